The Morgan fingerprint density at radius 2 is 1.96 bits per heavy atom. The summed E-state index contributed by atoms with van der Waals surface area (Å²) < 4.78 is 1.94. The average molecular weight is 332 g/mol. The van der Waals surface area contributed by atoms with Gasteiger partial charge in [-0.3, -0.25) is 14.9 Å². The topological polar surface area (TPSA) is 101 Å². The van der Waals surface area contributed by atoms with Gasteiger partial charge in [0.2, 0.25) is 0 Å². The van der Waals surface area contributed by atoms with Gasteiger partial charge in [0.25, 0.3) is 11.6 Å². The molecule has 1 aromatic heterocycles. The molecule has 7 nitrogen and oxygen atoms in total. The van der Waals surface area contributed by atoms with Crippen molar-refractivity contribution in [3.63, 3.8) is 0 Å². The summed E-state index contributed by atoms with van der Waals surface area (Å²) in [6.45, 7) is 1.17. The van der Waals surface area contributed by atoms with Crippen molar-refractivity contribution in [3.8, 4) is 17.2 Å². The van der Waals surface area contributed by atoms with Gasteiger partial charge in [0.1, 0.15) is 5.69 Å². The van der Waals surface area contributed by atoms with Gasteiger partial charge in [-0.1, -0.05) is 0 Å². The van der Waals surface area contributed by atoms with E-state index in [-0.39, 0.29) is 11.6 Å². The lowest BCUT2D eigenvalue weighted by Crippen LogP contribution is -2.34. The number of aromatic nitrogens is 1. The molecule has 0 unspecified atom stereocenters. The second kappa shape index (κ2) is 5.46. The average Bonchev–Trinajstić information content (AvgIpc) is 3.01. The molecule has 0 radical (unpaired) electrons. The van der Waals surface area contributed by atoms with Crippen molar-refractivity contribution in [2.75, 3.05) is 6.54 Å². The number of rotatable bonds is 2. The molecule has 1 aliphatic rings. The molecule has 0 bridgehead atoms. The van der Waals surface area contributed by atoms with Gasteiger partial charge in [0.05, 0.1) is 22.1 Å². The van der Waals surface area contributed by atoms with Crippen LogP contribution in [0.1, 0.15) is 16.1 Å². The number of benzene rings is 2. The second-order valence-corrected chi connectivity index (χ2v) is 5.81. The van der Waals surface area contributed by atoms with E-state index in [1.54, 1.807) is 30.3 Å². The number of carbonyl (C=O) groups is 1. The Morgan fingerprint density at radius 1 is 1.20 bits per heavy atom. The third-order valence-electron chi connectivity index (χ3n) is 4.36. The van der Waals surface area contributed by atoms with Crippen LogP contribution < -0.4 is 5.32 Å². The minimum absolute atomic E-state index is 0.00741. The first-order valence-corrected chi connectivity index (χ1v) is 7.69. The predicted octanol–water partition coefficient (Wildman–Crippen LogP) is 2.83. The Balaban J connectivity index is 2.00. The molecule has 1 amide bonds. The van der Waals surface area contributed by atoms with Gasteiger partial charge in [0, 0.05) is 36.2 Å². The maximum Gasteiger partial charge on any atom is 0.269 e. The molecule has 0 atom stereocenters. The molecular weight excluding hydrogens is 320 g/mol. The number of amides is 1. The summed E-state index contributed by atoms with van der Waals surface area (Å²) in [6, 6.07) is 13.6. The molecule has 4 rings (SSSR count). The van der Waals surface area contributed by atoms with E-state index in [0.717, 1.165) is 22.0 Å². The van der Waals surface area contributed by atoms with Crippen molar-refractivity contribution < 1.29 is 9.72 Å². The Hall–Kier alpha value is -3.66. The number of nitro groups is 1. The summed E-state index contributed by atoms with van der Waals surface area (Å²) in [5.74, 6) is -0.143. The zero-order valence-electron chi connectivity index (χ0n) is 13.0. The summed E-state index contributed by atoms with van der Waals surface area (Å²) in [7, 11) is 0. The van der Waals surface area contributed by atoms with Gasteiger partial charge in [-0.25, -0.2) is 0 Å². The lowest BCUT2D eigenvalue weighted by atomic mass is 10.00. The number of carbonyl (C=O) groups excluding carboxylic acids is 1. The molecule has 7 heteroatoms. The van der Waals surface area contributed by atoms with Crippen LogP contribution in [-0.2, 0) is 6.54 Å². The van der Waals surface area contributed by atoms with Crippen LogP contribution in [0.15, 0.2) is 42.5 Å². The molecule has 1 N–H and O–H groups in total. The van der Waals surface area contributed by atoms with Crippen molar-refractivity contribution in [2.45, 2.75) is 6.54 Å². The van der Waals surface area contributed by atoms with Gasteiger partial charge in [-0.15, -0.1) is 0 Å². The van der Waals surface area contributed by atoms with Crippen LogP contribution in [0, 0.1) is 21.4 Å². The lowest BCUT2D eigenvalue weighted by Gasteiger charge is -2.18. The molecule has 122 valence electrons. The SMILES string of the molecule is N#Cc1cc(-c2ccc([N+](=O)[O-])cc2)c2c(c1)cc1n2CCNC1=O. The highest BCUT2D eigenvalue weighted by Gasteiger charge is 2.22. The summed E-state index contributed by atoms with van der Waals surface area (Å²) in [5.41, 5.74) is 3.44. The van der Waals surface area contributed by atoms with E-state index >= 15 is 0 Å². The molecule has 1 aliphatic heterocycles. The highest BCUT2D eigenvalue weighted by molar-refractivity contribution is 6.04. The first kappa shape index (κ1) is 14.9. The lowest BCUT2D eigenvalue weighted by molar-refractivity contribution is -0.384. The quantitative estimate of drug-likeness (QED) is 0.576. The van der Waals surface area contributed by atoms with Crippen LogP contribution in [0.2, 0.25) is 0 Å². The number of hydrogen-bond acceptors (Lipinski definition) is 4. The molecule has 25 heavy (non-hydrogen) atoms. The fraction of sp³-hybridized carbons (Fsp3) is 0.111. The largest absolute Gasteiger partial charge is 0.349 e. The smallest absolute Gasteiger partial charge is 0.269 e. The van der Waals surface area contributed by atoms with Gasteiger partial charge in [0.15, 0.2) is 0 Å². The Kier molecular flexibility index (Phi) is 3.25. The second-order valence-electron chi connectivity index (χ2n) is 5.81. The number of fused-ring (bicyclic) bond motifs is 3. The van der Waals surface area contributed by atoms with Gasteiger partial charge in [-0.2, -0.15) is 5.26 Å². The van der Waals surface area contributed by atoms with Crippen LogP contribution in [0.4, 0.5) is 5.69 Å². The molecule has 2 aromatic carbocycles. The molecule has 3 aromatic rings. The highest BCUT2D eigenvalue weighted by atomic mass is 16.6. The Bertz CT molecular complexity index is 1070. The summed E-state index contributed by atoms with van der Waals surface area (Å²) in [5, 5.41) is 23.8. The van der Waals surface area contributed by atoms with E-state index in [1.807, 2.05) is 4.57 Å². The minimum atomic E-state index is -0.450. The third-order valence-corrected chi connectivity index (χ3v) is 4.36. The van der Waals surface area contributed by atoms with Crippen molar-refractivity contribution in [3.05, 3.63) is 63.8 Å². The minimum Gasteiger partial charge on any atom is -0.349 e. The number of nitriles is 1. The number of nitrogens with zero attached hydrogens (tertiary/aromatic N) is 3. The van der Waals surface area contributed by atoms with E-state index in [2.05, 4.69) is 11.4 Å². The summed E-state index contributed by atoms with van der Waals surface area (Å²) in [4.78, 5) is 22.5. The monoisotopic (exact) mass is 332 g/mol. The standard InChI is InChI=1S/C18H12N4O3/c19-10-11-7-13-9-16-18(23)20-5-6-21(16)17(13)15(8-11)12-1-3-14(4-2-12)22(24)25/h1-4,7-9H,5-6H2,(H,20,23). The Labute approximate surface area is 142 Å². The number of non-ortho nitro benzene ring substituents is 1. The third kappa shape index (κ3) is 2.32. The van der Waals surface area contributed by atoms with Crippen molar-refractivity contribution >= 4 is 22.5 Å². The molecule has 2 heterocycles. The number of nitro benzene ring substituents is 1. The van der Waals surface area contributed by atoms with E-state index < -0.39 is 4.92 Å². The van der Waals surface area contributed by atoms with Crippen molar-refractivity contribution in [2.24, 2.45) is 0 Å². The van der Waals surface area contributed by atoms with Crippen LogP contribution >= 0.6 is 0 Å². The van der Waals surface area contributed by atoms with Crippen LogP contribution in [0.5, 0.6) is 0 Å². The van der Waals surface area contributed by atoms with Crippen molar-refractivity contribution in [1.82, 2.24) is 9.88 Å². The molecule has 0 spiro atoms. The first-order chi connectivity index (χ1) is 12.1. The van der Waals surface area contributed by atoms with Crippen molar-refractivity contribution in [1.29, 1.82) is 5.26 Å². The maximum absolute atomic E-state index is 12.1. The summed E-state index contributed by atoms with van der Waals surface area (Å²) in [6.07, 6.45) is 0. The van der Waals surface area contributed by atoms with Crippen LogP contribution in [0.3, 0.4) is 0 Å². The molecule has 0 saturated carbocycles. The van der Waals surface area contributed by atoms with E-state index in [0.29, 0.717) is 24.3 Å². The van der Waals surface area contributed by atoms with Crippen LogP contribution in [-0.4, -0.2) is 21.9 Å². The predicted molar refractivity (Wildman–Crippen MR) is 91.1 cm³/mol. The zero-order valence-corrected chi connectivity index (χ0v) is 13.0. The van der Waals surface area contributed by atoms with E-state index in [9.17, 15) is 20.2 Å². The maximum atomic E-state index is 12.1. The van der Waals surface area contributed by atoms with E-state index in [1.165, 1.54) is 12.1 Å². The fourth-order valence-corrected chi connectivity index (χ4v) is 3.25. The molecular formula is C18H12N4O3. The number of hydrogen-bond donors (Lipinski definition) is 1. The van der Waals surface area contributed by atoms with Gasteiger partial charge >= 0.3 is 0 Å². The number of nitrogens with one attached hydrogen (secondary N) is 1. The molecule has 0 fully saturated rings. The zero-order chi connectivity index (χ0) is 17.6. The van der Waals surface area contributed by atoms with Gasteiger partial charge in [-0.05, 0) is 35.9 Å². The van der Waals surface area contributed by atoms with Crippen LogP contribution in [0.25, 0.3) is 22.0 Å². The fourth-order valence-electron chi connectivity index (χ4n) is 3.25. The van der Waals surface area contributed by atoms with Gasteiger partial charge < -0.3 is 9.88 Å². The molecule has 0 aliphatic carbocycles. The Morgan fingerprint density at radius 3 is 2.64 bits per heavy atom. The van der Waals surface area contributed by atoms with E-state index in [4.69, 9.17) is 0 Å². The molecule has 0 saturated heterocycles. The summed E-state index contributed by atoms with van der Waals surface area (Å²) >= 11 is 0. The normalized spacial score (nSPS) is 13.2. The first-order valence-electron chi connectivity index (χ1n) is 7.69. The highest BCUT2D eigenvalue weighted by Crippen LogP contribution is 2.34.